The number of aliphatic hydroxyl groups is 1. The lowest BCUT2D eigenvalue weighted by Crippen LogP contribution is -2.18. The molecule has 1 unspecified atom stereocenters. The van der Waals surface area contributed by atoms with E-state index < -0.39 is 0 Å². The number of aliphatic hydroxyl groups excluding tert-OH is 1. The van der Waals surface area contributed by atoms with Crippen LogP contribution in [0.3, 0.4) is 0 Å². The Morgan fingerprint density at radius 2 is 2.20 bits per heavy atom. The zero-order valence-corrected chi connectivity index (χ0v) is 9.11. The van der Waals surface area contributed by atoms with Crippen LogP contribution in [0.4, 0.5) is 0 Å². The second-order valence-electron chi connectivity index (χ2n) is 4.24. The van der Waals surface area contributed by atoms with Crippen molar-refractivity contribution in [3.8, 4) is 0 Å². The van der Waals surface area contributed by atoms with Gasteiger partial charge in [0.25, 0.3) is 0 Å². The van der Waals surface area contributed by atoms with Crippen LogP contribution >= 0.6 is 0 Å². The Morgan fingerprint density at radius 3 is 2.80 bits per heavy atom. The highest BCUT2D eigenvalue weighted by Gasteiger charge is 2.20. The molecule has 2 heterocycles. The van der Waals surface area contributed by atoms with E-state index in [0.29, 0.717) is 5.92 Å². The highest BCUT2D eigenvalue weighted by molar-refractivity contribution is 5.18. The van der Waals surface area contributed by atoms with Gasteiger partial charge in [0.15, 0.2) is 0 Å². The van der Waals surface area contributed by atoms with Gasteiger partial charge >= 0.3 is 0 Å². The molecule has 1 N–H and O–H groups in total. The molecule has 15 heavy (non-hydrogen) atoms. The van der Waals surface area contributed by atoms with Crippen molar-refractivity contribution in [1.29, 1.82) is 0 Å². The van der Waals surface area contributed by atoms with Crippen LogP contribution in [0.25, 0.3) is 0 Å². The van der Waals surface area contributed by atoms with E-state index >= 15 is 0 Å². The summed E-state index contributed by atoms with van der Waals surface area (Å²) in [7, 11) is 0. The summed E-state index contributed by atoms with van der Waals surface area (Å²) in [6.07, 6.45) is 4.20. The first-order valence-electron chi connectivity index (χ1n) is 5.57. The molecule has 0 bridgehead atoms. The maximum Gasteiger partial charge on any atom is 0.106 e. The summed E-state index contributed by atoms with van der Waals surface area (Å²) < 4.78 is 10.5. The summed E-state index contributed by atoms with van der Waals surface area (Å²) in [5, 5.41) is 10.0. The summed E-state index contributed by atoms with van der Waals surface area (Å²) in [6, 6.07) is 1.86. The number of hydrogen-bond donors (Lipinski definition) is 1. The van der Waals surface area contributed by atoms with Gasteiger partial charge in [0.2, 0.25) is 0 Å². The molecular weight excluding hydrogens is 192 g/mol. The molecule has 1 aliphatic heterocycles. The molecule has 2 rings (SSSR count). The number of hydrogen-bond acceptors (Lipinski definition) is 3. The zero-order chi connectivity index (χ0) is 10.7. The lowest BCUT2D eigenvalue weighted by molar-refractivity contribution is 0.0432. The van der Waals surface area contributed by atoms with Crippen LogP contribution in [0.5, 0.6) is 0 Å². The minimum absolute atomic E-state index is 0.383. The van der Waals surface area contributed by atoms with Crippen LogP contribution in [0.2, 0.25) is 0 Å². The van der Waals surface area contributed by atoms with E-state index in [-0.39, 0.29) is 6.10 Å². The number of furan rings is 1. The van der Waals surface area contributed by atoms with Crippen molar-refractivity contribution in [2.75, 3.05) is 13.2 Å². The van der Waals surface area contributed by atoms with Gasteiger partial charge in [-0.3, -0.25) is 0 Å². The third-order valence-corrected chi connectivity index (χ3v) is 3.16. The minimum Gasteiger partial charge on any atom is -0.469 e. The normalized spacial score (nSPS) is 20.4. The van der Waals surface area contributed by atoms with E-state index in [1.165, 1.54) is 0 Å². The summed E-state index contributed by atoms with van der Waals surface area (Å²) in [5.74, 6) is 1.41. The highest BCUT2D eigenvalue weighted by atomic mass is 16.5. The van der Waals surface area contributed by atoms with Gasteiger partial charge in [0, 0.05) is 18.8 Å². The Morgan fingerprint density at radius 1 is 1.47 bits per heavy atom. The quantitative estimate of drug-likeness (QED) is 0.833. The van der Waals surface area contributed by atoms with Crippen molar-refractivity contribution >= 4 is 0 Å². The van der Waals surface area contributed by atoms with Crippen molar-refractivity contribution in [3.05, 3.63) is 23.7 Å². The molecule has 3 nitrogen and oxygen atoms in total. The molecule has 0 aliphatic carbocycles. The largest absolute Gasteiger partial charge is 0.469 e. The van der Waals surface area contributed by atoms with Gasteiger partial charge in [-0.05, 0) is 38.2 Å². The minimum atomic E-state index is -0.383. The average Bonchev–Trinajstić information content (AvgIpc) is 2.66. The SMILES string of the molecule is Cc1occc1C(O)CC1CCOCC1. The van der Waals surface area contributed by atoms with E-state index in [1.807, 2.05) is 13.0 Å². The first-order valence-corrected chi connectivity index (χ1v) is 5.57. The van der Waals surface area contributed by atoms with Crippen molar-refractivity contribution in [1.82, 2.24) is 0 Å². The zero-order valence-electron chi connectivity index (χ0n) is 9.11. The van der Waals surface area contributed by atoms with Crippen LogP contribution in [0, 0.1) is 12.8 Å². The number of rotatable bonds is 3. The topological polar surface area (TPSA) is 42.6 Å². The molecule has 0 spiro atoms. The van der Waals surface area contributed by atoms with Crippen molar-refractivity contribution in [2.24, 2.45) is 5.92 Å². The summed E-state index contributed by atoms with van der Waals surface area (Å²) in [6.45, 7) is 3.56. The summed E-state index contributed by atoms with van der Waals surface area (Å²) >= 11 is 0. The summed E-state index contributed by atoms with van der Waals surface area (Å²) in [5.41, 5.74) is 0.932. The van der Waals surface area contributed by atoms with Gasteiger partial charge in [0.1, 0.15) is 5.76 Å². The lowest BCUT2D eigenvalue weighted by Gasteiger charge is -2.24. The second kappa shape index (κ2) is 4.81. The molecule has 1 saturated heterocycles. The molecule has 0 aromatic carbocycles. The van der Waals surface area contributed by atoms with Crippen LogP contribution in [-0.4, -0.2) is 18.3 Å². The number of aryl methyl sites for hydroxylation is 1. The van der Waals surface area contributed by atoms with E-state index in [0.717, 1.165) is 43.8 Å². The predicted octanol–water partition coefficient (Wildman–Crippen LogP) is 2.44. The Balaban J connectivity index is 1.91. The van der Waals surface area contributed by atoms with Crippen molar-refractivity contribution < 1.29 is 14.3 Å². The molecule has 0 amide bonds. The van der Waals surface area contributed by atoms with E-state index in [1.54, 1.807) is 6.26 Å². The molecule has 1 aromatic rings. The third-order valence-electron chi connectivity index (χ3n) is 3.16. The molecule has 0 radical (unpaired) electrons. The third kappa shape index (κ3) is 2.61. The maximum atomic E-state index is 10.0. The van der Waals surface area contributed by atoms with Gasteiger partial charge < -0.3 is 14.3 Å². The smallest absolute Gasteiger partial charge is 0.106 e. The van der Waals surface area contributed by atoms with Crippen LogP contribution in [0.1, 0.15) is 36.7 Å². The van der Waals surface area contributed by atoms with Gasteiger partial charge in [-0.2, -0.15) is 0 Å². The van der Waals surface area contributed by atoms with Crippen LogP contribution in [0.15, 0.2) is 16.7 Å². The van der Waals surface area contributed by atoms with Crippen molar-refractivity contribution in [3.63, 3.8) is 0 Å². The van der Waals surface area contributed by atoms with E-state index in [4.69, 9.17) is 9.15 Å². The van der Waals surface area contributed by atoms with Crippen molar-refractivity contribution in [2.45, 2.75) is 32.3 Å². The van der Waals surface area contributed by atoms with E-state index in [2.05, 4.69) is 0 Å². The van der Waals surface area contributed by atoms with Crippen LogP contribution < -0.4 is 0 Å². The Bertz CT molecular complexity index is 300. The molecule has 0 saturated carbocycles. The van der Waals surface area contributed by atoms with Gasteiger partial charge in [-0.15, -0.1) is 0 Å². The fourth-order valence-electron chi connectivity index (χ4n) is 2.17. The molecule has 1 atom stereocenters. The summed E-state index contributed by atoms with van der Waals surface area (Å²) in [4.78, 5) is 0. The molecule has 1 aliphatic rings. The predicted molar refractivity (Wildman–Crippen MR) is 56.6 cm³/mol. The van der Waals surface area contributed by atoms with Gasteiger partial charge in [-0.25, -0.2) is 0 Å². The number of ether oxygens (including phenoxy) is 1. The van der Waals surface area contributed by atoms with E-state index in [9.17, 15) is 5.11 Å². The molecule has 3 heteroatoms. The molecule has 1 aromatic heterocycles. The van der Waals surface area contributed by atoms with Gasteiger partial charge in [-0.1, -0.05) is 0 Å². The lowest BCUT2D eigenvalue weighted by atomic mass is 9.91. The monoisotopic (exact) mass is 210 g/mol. The molecule has 1 fully saturated rings. The Hall–Kier alpha value is -0.800. The Labute approximate surface area is 90.0 Å². The fraction of sp³-hybridized carbons (Fsp3) is 0.667. The maximum absolute atomic E-state index is 10.0. The highest BCUT2D eigenvalue weighted by Crippen LogP contribution is 2.29. The van der Waals surface area contributed by atoms with Gasteiger partial charge in [0.05, 0.1) is 12.4 Å². The standard InChI is InChI=1S/C12H18O3/c1-9-11(4-7-15-9)12(13)8-10-2-5-14-6-3-10/h4,7,10,12-13H,2-3,5-6,8H2,1H3. The average molecular weight is 210 g/mol. The van der Waals surface area contributed by atoms with Crippen LogP contribution in [-0.2, 0) is 4.74 Å². The Kier molecular flexibility index (Phi) is 3.44. The molecular formula is C12H18O3. The molecule has 84 valence electrons. The second-order valence-corrected chi connectivity index (χ2v) is 4.24. The first-order chi connectivity index (χ1) is 7.27. The first kappa shape index (κ1) is 10.7. The fourth-order valence-corrected chi connectivity index (χ4v) is 2.17.